The van der Waals surface area contributed by atoms with E-state index < -0.39 is 5.60 Å². The number of aromatic hydroxyl groups is 1. The molecule has 0 spiro atoms. The van der Waals surface area contributed by atoms with Crippen LogP contribution in [0.25, 0.3) is 0 Å². The highest BCUT2D eigenvalue weighted by Crippen LogP contribution is 2.47. The van der Waals surface area contributed by atoms with E-state index in [9.17, 15) is 10.2 Å². The molecule has 14 heavy (non-hydrogen) atoms. The summed E-state index contributed by atoms with van der Waals surface area (Å²) >= 11 is 0. The average Bonchev–Trinajstić information content (AvgIpc) is 2.89. The maximum atomic E-state index is 9.90. The van der Waals surface area contributed by atoms with E-state index in [1.54, 1.807) is 13.0 Å². The van der Waals surface area contributed by atoms with Crippen molar-refractivity contribution in [2.75, 3.05) is 7.11 Å². The molecule has 0 amide bonds. The van der Waals surface area contributed by atoms with Gasteiger partial charge in [-0.05, 0) is 43.0 Å². The summed E-state index contributed by atoms with van der Waals surface area (Å²) in [5.41, 5.74) is 0.899. The lowest BCUT2D eigenvalue weighted by Crippen LogP contribution is -2.05. The van der Waals surface area contributed by atoms with Gasteiger partial charge >= 0.3 is 0 Å². The molecule has 0 heterocycles. The largest absolute Gasteiger partial charge is 0.504 e. The molecule has 3 heteroatoms. The Bertz CT molecular complexity index is 367. The van der Waals surface area contributed by atoms with Crippen LogP contribution in [0.5, 0.6) is 11.5 Å². The van der Waals surface area contributed by atoms with E-state index in [4.69, 9.17) is 4.74 Å². The number of aryl methyl sites for hydroxylation is 1. The standard InChI is InChI=1S/C11H14O3/c1-7-5-8(11(13)3-4-11)6-9(14-2)10(7)12/h5-6,12-13H,3-4H2,1-2H3. The third-order valence-corrected chi connectivity index (χ3v) is 2.75. The lowest BCUT2D eigenvalue weighted by Gasteiger charge is -2.13. The highest BCUT2D eigenvalue weighted by molar-refractivity contribution is 5.50. The van der Waals surface area contributed by atoms with E-state index in [0.29, 0.717) is 5.75 Å². The monoisotopic (exact) mass is 194 g/mol. The van der Waals surface area contributed by atoms with Gasteiger partial charge in [0.15, 0.2) is 11.5 Å². The number of aliphatic hydroxyl groups is 1. The predicted octanol–water partition coefficient (Wildman–Crippen LogP) is 1.69. The van der Waals surface area contributed by atoms with Crippen LogP contribution in [0.4, 0.5) is 0 Å². The fourth-order valence-electron chi connectivity index (χ4n) is 1.58. The highest BCUT2D eigenvalue weighted by Gasteiger charge is 2.42. The van der Waals surface area contributed by atoms with Gasteiger partial charge in [0.2, 0.25) is 0 Å². The molecule has 1 aliphatic carbocycles. The van der Waals surface area contributed by atoms with E-state index in [1.165, 1.54) is 7.11 Å². The smallest absolute Gasteiger partial charge is 0.161 e. The summed E-state index contributed by atoms with van der Waals surface area (Å²) in [6, 6.07) is 3.51. The van der Waals surface area contributed by atoms with Crippen LogP contribution in [0.2, 0.25) is 0 Å². The topological polar surface area (TPSA) is 49.7 Å². The summed E-state index contributed by atoms with van der Waals surface area (Å²) < 4.78 is 5.03. The van der Waals surface area contributed by atoms with E-state index in [2.05, 4.69) is 0 Å². The van der Waals surface area contributed by atoms with Crippen LogP contribution in [-0.4, -0.2) is 17.3 Å². The second kappa shape index (κ2) is 2.89. The Kier molecular flexibility index (Phi) is 1.93. The lowest BCUT2D eigenvalue weighted by molar-refractivity contribution is 0.151. The van der Waals surface area contributed by atoms with Crippen molar-refractivity contribution in [1.29, 1.82) is 0 Å². The fraction of sp³-hybridized carbons (Fsp3) is 0.455. The van der Waals surface area contributed by atoms with Crippen LogP contribution in [0, 0.1) is 6.92 Å². The molecule has 0 radical (unpaired) electrons. The number of phenolic OH excluding ortho intramolecular Hbond substituents is 1. The summed E-state index contributed by atoms with van der Waals surface area (Å²) in [5, 5.41) is 19.5. The minimum Gasteiger partial charge on any atom is -0.504 e. The van der Waals surface area contributed by atoms with Crippen LogP contribution in [0.3, 0.4) is 0 Å². The third-order valence-electron chi connectivity index (χ3n) is 2.75. The van der Waals surface area contributed by atoms with Gasteiger partial charge in [-0.15, -0.1) is 0 Å². The van der Waals surface area contributed by atoms with Crippen molar-refractivity contribution in [2.45, 2.75) is 25.4 Å². The molecule has 0 aliphatic heterocycles. The number of benzene rings is 1. The van der Waals surface area contributed by atoms with Crippen molar-refractivity contribution in [1.82, 2.24) is 0 Å². The van der Waals surface area contributed by atoms with Crippen molar-refractivity contribution in [3.05, 3.63) is 23.3 Å². The van der Waals surface area contributed by atoms with Gasteiger partial charge in [-0.25, -0.2) is 0 Å². The lowest BCUT2D eigenvalue weighted by atomic mass is 10.0. The summed E-state index contributed by atoms with van der Waals surface area (Å²) in [5.74, 6) is 0.584. The molecule has 3 nitrogen and oxygen atoms in total. The van der Waals surface area contributed by atoms with E-state index in [1.807, 2.05) is 6.07 Å². The molecule has 2 N–H and O–H groups in total. The highest BCUT2D eigenvalue weighted by atomic mass is 16.5. The summed E-state index contributed by atoms with van der Waals surface area (Å²) in [4.78, 5) is 0. The minimum atomic E-state index is -0.675. The maximum absolute atomic E-state index is 9.90. The van der Waals surface area contributed by atoms with Gasteiger partial charge in [-0.2, -0.15) is 0 Å². The Hall–Kier alpha value is -1.22. The Morgan fingerprint density at radius 2 is 2.00 bits per heavy atom. The predicted molar refractivity (Wildman–Crippen MR) is 52.5 cm³/mol. The minimum absolute atomic E-state index is 0.153. The number of rotatable bonds is 2. The number of hydrogen-bond donors (Lipinski definition) is 2. The van der Waals surface area contributed by atoms with Crippen LogP contribution in [-0.2, 0) is 5.60 Å². The van der Waals surface area contributed by atoms with Crippen molar-refractivity contribution in [2.24, 2.45) is 0 Å². The fourth-order valence-corrected chi connectivity index (χ4v) is 1.58. The molecular weight excluding hydrogens is 180 g/mol. The maximum Gasteiger partial charge on any atom is 0.161 e. The Morgan fingerprint density at radius 3 is 2.50 bits per heavy atom. The SMILES string of the molecule is COc1cc(C2(O)CC2)cc(C)c1O. The number of ether oxygens (including phenoxy) is 1. The molecule has 0 unspecified atom stereocenters. The molecule has 0 saturated heterocycles. The van der Waals surface area contributed by atoms with Gasteiger partial charge in [-0.3, -0.25) is 0 Å². The second-order valence-corrected chi connectivity index (χ2v) is 3.88. The van der Waals surface area contributed by atoms with Crippen molar-refractivity contribution >= 4 is 0 Å². The second-order valence-electron chi connectivity index (χ2n) is 3.88. The first-order valence-corrected chi connectivity index (χ1v) is 4.67. The van der Waals surface area contributed by atoms with Gasteiger partial charge in [0, 0.05) is 0 Å². The summed E-state index contributed by atoms with van der Waals surface area (Å²) in [6.45, 7) is 1.80. The normalized spacial score (nSPS) is 17.9. The van der Waals surface area contributed by atoms with E-state index in [0.717, 1.165) is 24.0 Å². The molecule has 0 bridgehead atoms. The van der Waals surface area contributed by atoms with Crippen molar-refractivity contribution in [3.8, 4) is 11.5 Å². The first kappa shape index (κ1) is 9.34. The van der Waals surface area contributed by atoms with E-state index >= 15 is 0 Å². The number of phenols is 1. The zero-order chi connectivity index (χ0) is 10.3. The molecule has 1 aliphatic rings. The molecule has 1 fully saturated rings. The zero-order valence-electron chi connectivity index (χ0n) is 8.37. The Labute approximate surface area is 83.0 Å². The summed E-state index contributed by atoms with van der Waals surface area (Å²) in [6.07, 6.45) is 1.58. The molecule has 76 valence electrons. The van der Waals surface area contributed by atoms with Gasteiger partial charge in [0.1, 0.15) is 0 Å². The molecular formula is C11H14O3. The first-order chi connectivity index (χ1) is 6.57. The Morgan fingerprint density at radius 1 is 1.36 bits per heavy atom. The summed E-state index contributed by atoms with van der Waals surface area (Å²) in [7, 11) is 1.51. The van der Waals surface area contributed by atoms with Gasteiger partial charge in [0.25, 0.3) is 0 Å². The number of methoxy groups -OCH3 is 1. The van der Waals surface area contributed by atoms with Crippen LogP contribution < -0.4 is 4.74 Å². The van der Waals surface area contributed by atoms with Gasteiger partial charge < -0.3 is 14.9 Å². The molecule has 1 saturated carbocycles. The quantitative estimate of drug-likeness (QED) is 0.753. The first-order valence-electron chi connectivity index (χ1n) is 4.67. The van der Waals surface area contributed by atoms with Crippen LogP contribution in [0.1, 0.15) is 24.0 Å². The van der Waals surface area contributed by atoms with Crippen LogP contribution >= 0.6 is 0 Å². The number of hydrogen-bond acceptors (Lipinski definition) is 3. The van der Waals surface area contributed by atoms with Crippen molar-refractivity contribution < 1.29 is 14.9 Å². The molecule has 1 aromatic carbocycles. The van der Waals surface area contributed by atoms with Gasteiger partial charge in [0.05, 0.1) is 12.7 Å². The molecule has 0 atom stereocenters. The Balaban J connectivity index is 2.48. The third kappa shape index (κ3) is 1.34. The van der Waals surface area contributed by atoms with Crippen molar-refractivity contribution in [3.63, 3.8) is 0 Å². The van der Waals surface area contributed by atoms with Gasteiger partial charge in [-0.1, -0.05) is 0 Å². The van der Waals surface area contributed by atoms with Crippen LogP contribution in [0.15, 0.2) is 12.1 Å². The molecule has 1 aromatic rings. The average molecular weight is 194 g/mol. The van der Waals surface area contributed by atoms with E-state index in [-0.39, 0.29) is 5.75 Å². The zero-order valence-corrected chi connectivity index (χ0v) is 8.37. The molecule has 0 aromatic heterocycles. The molecule has 2 rings (SSSR count).